The minimum absolute atomic E-state index is 0.215. The van der Waals surface area contributed by atoms with Crippen LogP contribution < -0.4 is 9.46 Å². The SMILES string of the molecule is COc1cccc(-c2nnnn2[C@H]2CO[C@H]3[C@@H]2OC[C@@H]3NS(=O)(=O)c2cccs2)c1. The highest BCUT2D eigenvalue weighted by Crippen LogP contribution is 2.36. The highest BCUT2D eigenvalue weighted by Gasteiger charge is 2.50. The van der Waals surface area contributed by atoms with Gasteiger partial charge in [0.15, 0.2) is 5.82 Å². The monoisotopic (exact) mass is 449 g/mol. The lowest BCUT2D eigenvalue weighted by Crippen LogP contribution is -2.43. The Morgan fingerprint density at radius 1 is 1.20 bits per heavy atom. The fourth-order valence-electron chi connectivity index (χ4n) is 3.83. The van der Waals surface area contributed by atoms with E-state index in [0.29, 0.717) is 18.2 Å². The van der Waals surface area contributed by atoms with Crippen molar-refractivity contribution in [1.29, 1.82) is 0 Å². The fraction of sp³-hybridized carbons (Fsp3) is 0.389. The summed E-state index contributed by atoms with van der Waals surface area (Å²) in [5.41, 5.74) is 0.802. The Balaban J connectivity index is 1.37. The van der Waals surface area contributed by atoms with Gasteiger partial charge in [-0.25, -0.2) is 17.8 Å². The second-order valence-corrected chi connectivity index (χ2v) is 9.89. The molecule has 0 saturated carbocycles. The lowest BCUT2D eigenvalue weighted by atomic mass is 10.1. The Bertz CT molecular complexity index is 1130. The Labute approximate surface area is 176 Å². The smallest absolute Gasteiger partial charge is 0.250 e. The Morgan fingerprint density at radius 3 is 2.87 bits per heavy atom. The van der Waals surface area contributed by atoms with E-state index in [9.17, 15) is 8.42 Å². The number of ether oxygens (including phenoxy) is 3. The molecule has 0 radical (unpaired) electrons. The lowest BCUT2D eigenvalue weighted by Gasteiger charge is -2.18. The van der Waals surface area contributed by atoms with Crippen molar-refractivity contribution in [3.63, 3.8) is 0 Å². The normalized spacial score (nSPS) is 26.0. The summed E-state index contributed by atoms with van der Waals surface area (Å²) in [5.74, 6) is 1.26. The van der Waals surface area contributed by atoms with Gasteiger partial charge >= 0.3 is 0 Å². The van der Waals surface area contributed by atoms with Crippen LogP contribution >= 0.6 is 11.3 Å². The van der Waals surface area contributed by atoms with E-state index in [-0.39, 0.29) is 23.0 Å². The molecule has 158 valence electrons. The van der Waals surface area contributed by atoms with Crippen molar-refractivity contribution < 1.29 is 22.6 Å². The zero-order valence-electron chi connectivity index (χ0n) is 15.9. The molecule has 12 heteroatoms. The number of methoxy groups -OCH3 is 1. The number of hydrogen-bond donors (Lipinski definition) is 1. The summed E-state index contributed by atoms with van der Waals surface area (Å²) in [6.07, 6.45) is -0.791. The standard InChI is InChI=1S/C18H19N5O5S2/c1-26-12-5-2-4-11(8-12)18-19-21-22-23(18)14-10-28-16-13(9-27-17(14)16)20-30(24,25)15-6-3-7-29-15/h2-8,13-14,16-17,20H,9-10H2,1H3/t13-,14-,16+,17+/m0/s1. The van der Waals surface area contributed by atoms with Gasteiger partial charge in [0.05, 0.1) is 26.4 Å². The number of sulfonamides is 1. The number of tetrazole rings is 1. The van der Waals surface area contributed by atoms with Gasteiger partial charge < -0.3 is 14.2 Å². The molecule has 4 heterocycles. The van der Waals surface area contributed by atoms with Crippen LogP contribution in [-0.4, -0.2) is 67.2 Å². The quantitative estimate of drug-likeness (QED) is 0.594. The highest BCUT2D eigenvalue weighted by molar-refractivity contribution is 7.91. The van der Waals surface area contributed by atoms with E-state index in [1.807, 2.05) is 24.3 Å². The van der Waals surface area contributed by atoms with Gasteiger partial charge in [0.1, 0.15) is 28.2 Å². The number of benzene rings is 1. The predicted octanol–water partition coefficient (Wildman–Crippen LogP) is 1.10. The molecule has 3 aromatic rings. The number of fused-ring (bicyclic) bond motifs is 1. The van der Waals surface area contributed by atoms with Crippen LogP contribution in [0.4, 0.5) is 0 Å². The first-order valence-corrected chi connectivity index (χ1v) is 11.6. The third-order valence-corrected chi connectivity index (χ3v) is 8.12. The number of hydrogen-bond acceptors (Lipinski definition) is 9. The van der Waals surface area contributed by atoms with E-state index >= 15 is 0 Å². The third kappa shape index (κ3) is 3.40. The van der Waals surface area contributed by atoms with Crippen LogP contribution in [-0.2, 0) is 19.5 Å². The average molecular weight is 450 g/mol. The summed E-state index contributed by atoms with van der Waals surface area (Å²) in [5, 5.41) is 13.9. The second-order valence-electron chi connectivity index (χ2n) is 7.00. The van der Waals surface area contributed by atoms with Crippen molar-refractivity contribution in [2.45, 2.75) is 28.5 Å². The van der Waals surface area contributed by atoms with Crippen LogP contribution in [0.1, 0.15) is 6.04 Å². The van der Waals surface area contributed by atoms with Gasteiger partial charge in [0.25, 0.3) is 0 Å². The summed E-state index contributed by atoms with van der Waals surface area (Å²) < 4.78 is 47.0. The molecule has 10 nitrogen and oxygen atoms in total. The van der Waals surface area contributed by atoms with Gasteiger partial charge in [0.2, 0.25) is 10.0 Å². The first-order chi connectivity index (χ1) is 14.6. The fourth-order valence-corrected chi connectivity index (χ4v) is 6.07. The maximum absolute atomic E-state index is 12.6. The molecule has 2 fully saturated rings. The number of aromatic nitrogens is 4. The van der Waals surface area contributed by atoms with Gasteiger partial charge in [-0.15, -0.1) is 16.4 Å². The van der Waals surface area contributed by atoms with Crippen molar-refractivity contribution >= 4 is 21.4 Å². The lowest BCUT2D eigenvalue weighted by molar-refractivity contribution is 0.0626. The summed E-state index contributed by atoms with van der Waals surface area (Å²) in [6, 6.07) is 9.97. The minimum Gasteiger partial charge on any atom is -0.497 e. The molecule has 2 aliphatic rings. The zero-order valence-corrected chi connectivity index (χ0v) is 17.5. The molecule has 2 saturated heterocycles. The van der Waals surface area contributed by atoms with E-state index in [1.165, 1.54) is 11.3 Å². The average Bonchev–Trinajstić information content (AvgIpc) is 3.52. The molecule has 0 amide bonds. The van der Waals surface area contributed by atoms with Gasteiger partial charge in [-0.1, -0.05) is 18.2 Å². The Morgan fingerprint density at radius 2 is 2.07 bits per heavy atom. The van der Waals surface area contributed by atoms with E-state index in [4.69, 9.17) is 14.2 Å². The molecule has 0 spiro atoms. The molecule has 1 N–H and O–H groups in total. The Hall–Kier alpha value is -2.38. The molecule has 0 unspecified atom stereocenters. The second kappa shape index (κ2) is 7.71. The van der Waals surface area contributed by atoms with E-state index < -0.39 is 22.2 Å². The number of nitrogens with zero attached hydrogens (tertiary/aromatic N) is 4. The highest BCUT2D eigenvalue weighted by atomic mass is 32.2. The largest absolute Gasteiger partial charge is 0.497 e. The van der Waals surface area contributed by atoms with Gasteiger partial charge in [-0.2, -0.15) is 0 Å². The third-order valence-electron chi connectivity index (χ3n) is 5.23. The van der Waals surface area contributed by atoms with Crippen molar-refractivity contribution in [2.24, 2.45) is 0 Å². The molecule has 30 heavy (non-hydrogen) atoms. The van der Waals surface area contributed by atoms with Gasteiger partial charge in [0, 0.05) is 5.56 Å². The van der Waals surface area contributed by atoms with Crippen molar-refractivity contribution in [3.05, 3.63) is 41.8 Å². The number of nitrogens with one attached hydrogen (secondary N) is 1. The van der Waals surface area contributed by atoms with Crippen LogP contribution in [0.3, 0.4) is 0 Å². The predicted molar refractivity (Wildman–Crippen MR) is 107 cm³/mol. The molecular weight excluding hydrogens is 430 g/mol. The van der Waals surface area contributed by atoms with E-state index in [2.05, 4.69) is 20.2 Å². The molecule has 0 bridgehead atoms. The van der Waals surface area contributed by atoms with Crippen LogP contribution in [0.5, 0.6) is 5.75 Å². The molecule has 4 atom stereocenters. The summed E-state index contributed by atoms with van der Waals surface area (Å²) >= 11 is 1.17. The number of rotatable bonds is 6. The zero-order chi connectivity index (χ0) is 20.7. The van der Waals surface area contributed by atoms with Crippen molar-refractivity contribution in [3.8, 4) is 17.1 Å². The molecule has 0 aliphatic carbocycles. The minimum atomic E-state index is -3.62. The summed E-state index contributed by atoms with van der Waals surface area (Å²) in [7, 11) is -2.02. The van der Waals surface area contributed by atoms with Crippen LogP contribution in [0.25, 0.3) is 11.4 Å². The van der Waals surface area contributed by atoms with Gasteiger partial charge in [-0.3, -0.25) is 0 Å². The molecule has 5 rings (SSSR count). The van der Waals surface area contributed by atoms with Crippen LogP contribution in [0.15, 0.2) is 46.0 Å². The summed E-state index contributed by atoms with van der Waals surface area (Å²) in [4.78, 5) is 0. The maximum Gasteiger partial charge on any atom is 0.250 e. The topological polar surface area (TPSA) is 117 Å². The summed E-state index contributed by atoms with van der Waals surface area (Å²) in [6.45, 7) is 0.529. The van der Waals surface area contributed by atoms with Crippen LogP contribution in [0, 0.1) is 0 Å². The molecular formula is C18H19N5O5S2. The number of thiophene rings is 1. The maximum atomic E-state index is 12.6. The van der Waals surface area contributed by atoms with E-state index in [0.717, 1.165) is 5.56 Å². The van der Waals surface area contributed by atoms with E-state index in [1.54, 1.807) is 29.3 Å². The van der Waals surface area contributed by atoms with Crippen molar-refractivity contribution in [1.82, 2.24) is 24.9 Å². The van der Waals surface area contributed by atoms with Gasteiger partial charge in [-0.05, 0) is 34.0 Å². The Kier molecular flexibility index (Phi) is 5.03. The van der Waals surface area contributed by atoms with Crippen LogP contribution in [0.2, 0.25) is 0 Å². The first-order valence-electron chi connectivity index (χ1n) is 9.28. The van der Waals surface area contributed by atoms with Crippen molar-refractivity contribution in [2.75, 3.05) is 20.3 Å². The first kappa shape index (κ1) is 19.6. The molecule has 1 aromatic carbocycles. The molecule has 2 aliphatic heterocycles. The molecule has 2 aromatic heterocycles.